The first-order chi connectivity index (χ1) is 16.5. The molecule has 0 unspecified atom stereocenters. The molecule has 9 nitrogen and oxygen atoms in total. The van der Waals surface area contributed by atoms with E-state index in [4.69, 9.17) is 0 Å². The van der Waals surface area contributed by atoms with Gasteiger partial charge in [-0.2, -0.15) is 0 Å². The van der Waals surface area contributed by atoms with Crippen molar-refractivity contribution in [2.45, 2.75) is 44.4 Å². The standard InChI is InChI=1S/C24H28N6O3S/c1-18-10-11-20(30(32)33)14-21(18)25-23(31)17-34-24-27-26-22(16-28-12-6-3-7-13-28)29(24)15-19-8-4-2-5-9-19/h2,4-5,8-11,14H,3,6-7,12-13,15-17H2,1H3,(H,25,31). The van der Waals surface area contributed by atoms with E-state index < -0.39 is 4.92 Å². The van der Waals surface area contributed by atoms with Gasteiger partial charge in [0.25, 0.3) is 5.69 Å². The quantitative estimate of drug-likeness (QED) is 0.277. The van der Waals surface area contributed by atoms with Gasteiger partial charge in [-0.15, -0.1) is 10.2 Å². The highest BCUT2D eigenvalue weighted by Crippen LogP contribution is 2.24. The molecule has 10 heteroatoms. The molecular formula is C24H28N6O3S. The first kappa shape index (κ1) is 23.9. The summed E-state index contributed by atoms with van der Waals surface area (Å²) in [4.78, 5) is 25.6. The van der Waals surface area contributed by atoms with E-state index in [0.717, 1.165) is 36.6 Å². The fraction of sp³-hybridized carbons (Fsp3) is 0.375. The van der Waals surface area contributed by atoms with E-state index in [1.807, 2.05) is 18.2 Å². The van der Waals surface area contributed by atoms with Crippen molar-refractivity contribution in [3.05, 3.63) is 75.6 Å². The van der Waals surface area contributed by atoms with E-state index in [2.05, 4.69) is 37.1 Å². The van der Waals surface area contributed by atoms with Crippen LogP contribution in [0.3, 0.4) is 0 Å². The van der Waals surface area contributed by atoms with Gasteiger partial charge in [0.2, 0.25) is 5.91 Å². The zero-order chi connectivity index (χ0) is 23.9. The van der Waals surface area contributed by atoms with Gasteiger partial charge in [0.05, 0.1) is 29.5 Å². The molecule has 1 aliphatic heterocycles. The molecule has 2 aromatic carbocycles. The van der Waals surface area contributed by atoms with Crippen molar-refractivity contribution in [1.29, 1.82) is 0 Å². The molecule has 1 amide bonds. The molecule has 0 atom stereocenters. The molecule has 4 rings (SSSR count). The number of amides is 1. The third-order valence-corrected chi connectivity index (χ3v) is 6.80. The fourth-order valence-corrected chi connectivity index (χ4v) is 4.72. The summed E-state index contributed by atoms with van der Waals surface area (Å²) in [5.74, 6) is 0.766. The first-order valence-electron chi connectivity index (χ1n) is 11.4. The van der Waals surface area contributed by atoms with Gasteiger partial charge in [0, 0.05) is 12.1 Å². The van der Waals surface area contributed by atoms with Gasteiger partial charge < -0.3 is 9.88 Å². The molecule has 0 aliphatic carbocycles. The zero-order valence-electron chi connectivity index (χ0n) is 19.1. The van der Waals surface area contributed by atoms with Crippen LogP contribution in [0.4, 0.5) is 11.4 Å². The number of likely N-dealkylation sites (tertiary alicyclic amines) is 1. The number of benzene rings is 2. The molecule has 0 radical (unpaired) electrons. The monoisotopic (exact) mass is 480 g/mol. The Balaban J connectivity index is 1.46. The Morgan fingerprint density at radius 2 is 1.85 bits per heavy atom. The molecule has 178 valence electrons. The van der Waals surface area contributed by atoms with Crippen LogP contribution in [0.15, 0.2) is 53.7 Å². The summed E-state index contributed by atoms with van der Waals surface area (Å²) >= 11 is 1.32. The Kier molecular flexibility index (Phi) is 7.91. The summed E-state index contributed by atoms with van der Waals surface area (Å²) in [7, 11) is 0. The smallest absolute Gasteiger partial charge is 0.271 e. The van der Waals surface area contributed by atoms with Crippen LogP contribution in [0, 0.1) is 17.0 Å². The molecule has 0 bridgehead atoms. The number of hydrogen-bond acceptors (Lipinski definition) is 7. The van der Waals surface area contributed by atoms with Crippen LogP contribution in [-0.2, 0) is 17.9 Å². The van der Waals surface area contributed by atoms with Gasteiger partial charge in [0.1, 0.15) is 5.82 Å². The minimum atomic E-state index is -0.472. The number of piperidine rings is 1. The molecule has 3 aromatic rings. The average molecular weight is 481 g/mol. The van der Waals surface area contributed by atoms with Crippen LogP contribution < -0.4 is 5.32 Å². The summed E-state index contributed by atoms with van der Waals surface area (Å²) in [6.07, 6.45) is 3.67. The minimum Gasteiger partial charge on any atom is -0.325 e. The van der Waals surface area contributed by atoms with Gasteiger partial charge in [0.15, 0.2) is 5.16 Å². The lowest BCUT2D eigenvalue weighted by atomic mass is 10.1. The van der Waals surface area contributed by atoms with E-state index in [0.29, 0.717) is 17.4 Å². The maximum absolute atomic E-state index is 12.6. The lowest BCUT2D eigenvalue weighted by Crippen LogP contribution is -2.30. The maximum atomic E-state index is 12.6. The maximum Gasteiger partial charge on any atom is 0.271 e. The Hall–Kier alpha value is -3.24. The summed E-state index contributed by atoms with van der Waals surface area (Å²) < 4.78 is 2.08. The van der Waals surface area contributed by atoms with Crippen LogP contribution in [0.2, 0.25) is 0 Å². The number of aromatic nitrogens is 3. The molecule has 1 aliphatic rings. The lowest BCUT2D eigenvalue weighted by Gasteiger charge is -2.26. The van der Waals surface area contributed by atoms with Crippen molar-refractivity contribution < 1.29 is 9.72 Å². The molecule has 34 heavy (non-hydrogen) atoms. The number of carbonyl (C=O) groups excluding carboxylic acids is 1. The van der Waals surface area contributed by atoms with Gasteiger partial charge in [-0.3, -0.25) is 19.8 Å². The van der Waals surface area contributed by atoms with Crippen molar-refractivity contribution in [3.63, 3.8) is 0 Å². The lowest BCUT2D eigenvalue weighted by molar-refractivity contribution is -0.384. The summed E-state index contributed by atoms with van der Waals surface area (Å²) in [6.45, 7) is 5.29. The highest BCUT2D eigenvalue weighted by Gasteiger charge is 2.19. The molecule has 1 saturated heterocycles. The minimum absolute atomic E-state index is 0.0569. The number of rotatable bonds is 9. The van der Waals surface area contributed by atoms with E-state index in [1.54, 1.807) is 13.0 Å². The van der Waals surface area contributed by atoms with Crippen molar-refractivity contribution in [1.82, 2.24) is 19.7 Å². The normalized spacial score (nSPS) is 14.1. The number of carbonyl (C=O) groups is 1. The van der Waals surface area contributed by atoms with Crippen LogP contribution in [0.1, 0.15) is 36.2 Å². The molecule has 0 spiro atoms. The molecule has 2 heterocycles. The average Bonchev–Trinajstić information content (AvgIpc) is 3.21. The number of non-ortho nitro benzene ring substituents is 1. The van der Waals surface area contributed by atoms with Gasteiger partial charge >= 0.3 is 0 Å². The Labute approximate surface area is 202 Å². The van der Waals surface area contributed by atoms with Crippen molar-refractivity contribution >= 4 is 29.0 Å². The van der Waals surface area contributed by atoms with Crippen molar-refractivity contribution in [2.24, 2.45) is 0 Å². The molecule has 0 saturated carbocycles. The Morgan fingerprint density at radius 3 is 2.59 bits per heavy atom. The predicted octanol–water partition coefficient (Wildman–Crippen LogP) is 4.26. The SMILES string of the molecule is Cc1ccc([N+](=O)[O-])cc1NC(=O)CSc1nnc(CN2CCCCC2)n1Cc1ccccc1. The Bertz CT molecular complexity index is 1140. The molecule has 1 aromatic heterocycles. The number of nitrogens with zero attached hydrogens (tertiary/aromatic N) is 5. The first-order valence-corrected chi connectivity index (χ1v) is 12.3. The highest BCUT2D eigenvalue weighted by atomic mass is 32.2. The van der Waals surface area contributed by atoms with E-state index >= 15 is 0 Å². The van der Waals surface area contributed by atoms with Crippen LogP contribution in [-0.4, -0.2) is 49.3 Å². The van der Waals surface area contributed by atoms with E-state index in [-0.39, 0.29) is 17.3 Å². The van der Waals surface area contributed by atoms with E-state index in [9.17, 15) is 14.9 Å². The van der Waals surface area contributed by atoms with Gasteiger partial charge in [-0.05, 0) is 44.0 Å². The third kappa shape index (κ3) is 6.21. The highest BCUT2D eigenvalue weighted by molar-refractivity contribution is 7.99. The zero-order valence-corrected chi connectivity index (χ0v) is 20.0. The number of hydrogen-bond donors (Lipinski definition) is 1. The number of aryl methyl sites for hydroxylation is 1. The number of anilines is 1. The number of nitro groups is 1. The number of nitrogens with one attached hydrogen (secondary N) is 1. The summed E-state index contributed by atoms with van der Waals surface area (Å²) in [6, 6.07) is 14.6. The van der Waals surface area contributed by atoms with Gasteiger partial charge in [-0.1, -0.05) is 54.6 Å². The number of nitro benzene ring substituents is 1. The molecular weight excluding hydrogens is 452 g/mol. The predicted molar refractivity (Wildman–Crippen MR) is 132 cm³/mol. The summed E-state index contributed by atoms with van der Waals surface area (Å²) in [5.41, 5.74) is 2.29. The second-order valence-corrected chi connectivity index (χ2v) is 9.34. The summed E-state index contributed by atoms with van der Waals surface area (Å²) in [5, 5.41) is 23.4. The fourth-order valence-electron chi connectivity index (χ4n) is 3.96. The van der Waals surface area contributed by atoms with Crippen molar-refractivity contribution in [3.8, 4) is 0 Å². The number of thioether (sulfide) groups is 1. The third-order valence-electron chi connectivity index (χ3n) is 5.83. The second-order valence-electron chi connectivity index (χ2n) is 8.40. The topological polar surface area (TPSA) is 106 Å². The Morgan fingerprint density at radius 1 is 1.09 bits per heavy atom. The van der Waals surface area contributed by atoms with Crippen LogP contribution >= 0.6 is 11.8 Å². The molecule has 1 N–H and O–H groups in total. The largest absolute Gasteiger partial charge is 0.325 e. The molecule has 1 fully saturated rings. The van der Waals surface area contributed by atoms with E-state index in [1.165, 1.54) is 43.2 Å². The van der Waals surface area contributed by atoms with Crippen molar-refractivity contribution in [2.75, 3.05) is 24.2 Å². The van der Waals surface area contributed by atoms with Crippen LogP contribution in [0.25, 0.3) is 0 Å². The second kappa shape index (κ2) is 11.3. The van der Waals surface area contributed by atoms with Crippen LogP contribution in [0.5, 0.6) is 0 Å². The van der Waals surface area contributed by atoms with Gasteiger partial charge in [-0.25, -0.2) is 0 Å².